The van der Waals surface area contributed by atoms with E-state index in [1.807, 2.05) is 67.6 Å². The lowest BCUT2D eigenvalue weighted by Gasteiger charge is -2.25. The Morgan fingerprint density at radius 2 is 1.52 bits per heavy atom. The van der Waals surface area contributed by atoms with Crippen LogP contribution in [0.25, 0.3) is 11.1 Å². The molecular formula is C22H21NO3S. The number of amides is 1. The predicted molar refractivity (Wildman–Crippen MR) is 110 cm³/mol. The molecule has 1 aliphatic rings. The van der Waals surface area contributed by atoms with Crippen LogP contribution < -0.4 is 0 Å². The standard InChI is InChI=1S/C22H21NO3S/c1-2-3-14-17(22(25)26)23-20(24)18(15-10-6-4-7-11-15)19(21(23)27)16-12-8-5-9-13-16/h4-13,17H,2-3,14H2,1H3,(H,25,26). The van der Waals surface area contributed by atoms with Crippen LogP contribution in [-0.4, -0.2) is 32.9 Å². The number of hydrogen-bond donors (Lipinski definition) is 1. The zero-order valence-electron chi connectivity index (χ0n) is 15.1. The molecular weight excluding hydrogens is 358 g/mol. The maximum absolute atomic E-state index is 13.3. The third-order valence-corrected chi connectivity index (χ3v) is 5.07. The van der Waals surface area contributed by atoms with E-state index in [-0.39, 0.29) is 10.9 Å². The first kappa shape index (κ1) is 19.0. The van der Waals surface area contributed by atoms with Crippen molar-refractivity contribution in [2.24, 2.45) is 0 Å². The molecule has 4 nitrogen and oxygen atoms in total. The highest BCUT2D eigenvalue weighted by molar-refractivity contribution is 7.81. The summed E-state index contributed by atoms with van der Waals surface area (Å²) < 4.78 is 0. The molecule has 0 radical (unpaired) electrons. The topological polar surface area (TPSA) is 57.6 Å². The molecule has 1 heterocycles. The molecule has 5 heteroatoms. The minimum Gasteiger partial charge on any atom is -0.480 e. The molecule has 2 aromatic carbocycles. The molecule has 0 aromatic heterocycles. The van der Waals surface area contributed by atoms with Crippen LogP contribution in [-0.2, 0) is 9.59 Å². The van der Waals surface area contributed by atoms with Crippen molar-refractivity contribution in [1.29, 1.82) is 0 Å². The Hall–Kier alpha value is -2.79. The summed E-state index contributed by atoms with van der Waals surface area (Å²) in [5, 5.41) is 9.74. The van der Waals surface area contributed by atoms with Gasteiger partial charge in [0.2, 0.25) is 0 Å². The molecule has 1 unspecified atom stereocenters. The molecule has 0 saturated carbocycles. The molecule has 2 aromatic rings. The summed E-state index contributed by atoms with van der Waals surface area (Å²) >= 11 is 5.63. The van der Waals surface area contributed by atoms with Crippen molar-refractivity contribution in [2.45, 2.75) is 32.2 Å². The Morgan fingerprint density at radius 3 is 2.00 bits per heavy atom. The maximum atomic E-state index is 13.3. The number of aliphatic carboxylic acids is 1. The van der Waals surface area contributed by atoms with Crippen molar-refractivity contribution < 1.29 is 14.7 Å². The van der Waals surface area contributed by atoms with E-state index < -0.39 is 12.0 Å². The second kappa shape index (κ2) is 8.27. The van der Waals surface area contributed by atoms with Crippen molar-refractivity contribution in [3.8, 4) is 0 Å². The molecule has 138 valence electrons. The van der Waals surface area contributed by atoms with Crippen LogP contribution in [0.2, 0.25) is 0 Å². The summed E-state index contributed by atoms with van der Waals surface area (Å²) in [5.74, 6) is -1.37. The number of carbonyl (C=O) groups is 2. The van der Waals surface area contributed by atoms with Gasteiger partial charge < -0.3 is 5.11 Å². The van der Waals surface area contributed by atoms with Gasteiger partial charge in [-0.05, 0) is 17.5 Å². The highest BCUT2D eigenvalue weighted by Crippen LogP contribution is 2.38. The van der Waals surface area contributed by atoms with Crippen molar-refractivity contribution in [1.82, 2.24) is 4.90 Å². The van der Waals surface area contributed by atoms with Gasteiger partial charge in [0.05, 0.1) is 5.57 Å². The SMILES string of the molecule is CCCCC(C(=O)O)N1C(=O)C(c2ccccc2)=C(c2ccccc2)C1=S. The monoisotopic (exact) mass is 379 g/mol. The second-order valence-electron chi connectivity index (χ2n) is 6.46. The average Bonchev–Trinajstić information content (AvgIpc) is 2.94. The third-order valence-electron chi connectivity index (χ3n) is 4.67. The molecule has 0 bridgehead atoms. The minimum atomic E-state index is -1.03. The third kappa shape index (κ3) is 3.69. The van der Waals surface area contributed by atoms with E-state index in [2.05, 4.69) is 0 Å². The van der Waals surface area contributed by atoms with Gasteiger partial charge in [0.1, 0.15) is 11.0 Å². The maximum Gasteiger partial charge on any atom is 0.326 e. The molecule has 1 aliphatic heterocycles. The number of unbranched alkanes of at least 4 members (excludes halogenated alkanes) is 1. The molecule has 1 atom stereocenters. The van der Waals surface area contributed by atoms with E-state index in [0.29, 0.717) is 24.0 Å². The quantitative estimate of drug-likeness (QED) is 0.724. The first-order chi connectivity index (χ1) is 13.1. The first-order valence-corrected chi connectivity index (χ1v) is 9.43. The Morgan fingerprint density at radius 1 is 1.00 bits per heavy atom. The van der Waals surface area contributed by atoms with E-state index >= 15 is 0 Å². The van der Waals surface area contributed by atoms with E-state index in [4.69, 9.17) is 12.2 Å². The minimum absolute atomic E-state index is 0.286. The summed E-state index contributed by atoms with van der Waals surface area (Å²) in [6.45, 7) is 1.99. The van der Waals surface area contributed by atoms with Gasteiger partial charge in [0.15, 0.2) is 0 Å². The molecule has 3 rings (SSSR count). The number of carboxylic acid groups (broad SMARTS) is 1. The lowest BCUT2D eigenvalue weighted by atomic mass is 9.97. The van der Waals surface area contributed by atoms with Crippen molar-refractivity contribution >= 4 is 40.2 Å². The van der Waals surface area contributed by atoms with Crippen LogP contribution in [0, 0.1) is 0 Å². The van der Waals surface area contributed by atoms with Crippen molar-refractivity contribution in [3.05, 3.63) is 71.8 Å². The van der Waals surface area contributed by atoms with Gasteiger partial charge in [-0.25, -0.2) is 4.79 Å². The normalized spacial score (nSPS) is 15.4. The number of hydrogen-bond acceptors (Lipinski definition) is 3. The van der Waals surface area contributed by atoms with E-state index in [9.17, 15) is 14.7 Å². The number of thiocarbonyl (C=S) groups is 1. The molecule has 0 saturated heterocycles. The summed E-state index contributed by atoms with van der Waals surface area (Å²) in [4.78, 5) is 26.8. The van der Waals surface area contributed by atoms with Gasteiger partial charge >= 0.3 is 5.97 Å². The highest BCUT2D eigenvalue weighted by atomic mass is 32.1. The Kier molecular flexibility index (Phi) is 5.81. The van der Waals surface area contributed by atoms with Gasteiger partial charge in [-0.1, -0.05) is 92.6 Å². The molecule has 27 heavy (non-hydrogen) atoms. The van der Waals surface area contributed by atoms with Gasteiger partial charge in [0.25, 0.3) is 5.91 Å². The van der Waals surface area contributed by atoms with Crippen LogP contribution >= 0.6 is 12.2 Å². The highest BCUT2D eigenvalue weighted by Gasteiger charge is 2.42. The number of nitrogens with zero attached hydrogens (tertiary/aromatic N) is 1. The second-order valence-corrected chi connectivity index (χ2v) is 6.85. The predicted octanol–water partition coefficient (Wildman–Crippen LogP) is 4.41. The zero-order valence-corrected chi connectivity index (χ0v) is 15.9. The number of benzene rings is 2. The van der Waals surface area contributed by atoms with Crippen LogP contribution in [0.3, 0.4) is 0 Å². The molecule has 1 N–H and O–H groups in total. The van der Waals surface area contributed by atoms with Gasteiger partial charge in [-0.3, -0.25) is 9.69 Å². The van der Waals surface area contributed by atoms with Gasteiger partial charge in [-0.2, -0.15) is 0 Å². The first-order valence-electron chi connectivity index (χ1n) is 9.02. The smallest absolute Gasteiger partial charge is 0.326 e. The Labute approximate surface area is 164 Å². The largest absolute Gasteiger partial charge is 0.480 e. The van der Waals surface area contributed by atoms with Gasteiger partial charge in [-0.15, -0.1) is 0 Å². The molecule has 1 amide bonds. The number of carboxylic acids is 1. The van der Waals surface area contributed by atoms with Gasteiger partial charge in [0, 0.05) is 5.57 Å². The fourth-order valence-electron chi connectivity index (χ4n) is 3.34. The number of carbonyl (C=O) groups excluding carboxylic acids is 1. The Balaban J connectivity index is 2.13. The molecule has 0 spiro atoms. The molecule has 0 aliphatic carbocycles. The van der Waals surface area contributed by atoms with E-state index in [0.717, 1.165) is 17.5 Å². The lowest BCUT2D eigenvalue weighted by Crippen LogP contribution is -2.45. The zero-order chi connectivity index (χ0) is 19.4. The fraction of sp³-hybridized carbons (Fsp3) is 0.227. The van der Waals surface area contributed by atoms with Crippen LogP contribution in [0.4, 0.5) is 0 Å². The van der Waals surface area contributed by atoms with Crippen LogP contribution in [0.1, 0.15) is 37.3 Å². The summed E-state index contributed by atoms with van der Waals surface area (Å²) in [6.07, 6.45) is 1.94. The Bertz CT molecular complexity index is 829. The van der Waals surface area contributed by atoms with Crippen molar-refractivity contribution in [3.63, 3.8) is 0 Å². The van der Waals surface area contributed by atoms with E-state index in [1.54, 1.807) is 0 Å². The van der Waals surface area contributed by atoms with Crippen LogP contribution in [0.15, 0.2) is 60.7 Å². The van der Waals surface area contributed by atoms with E-state index in [1.165, 1.54) is 4.90 Å². The number of rotatable bonds is 7. The van der Waals surface area contributed by atoms with Crippen LogP contribution in [0.5, 0.6) is 0 Å². The summed E-state index contributed by atoms with van der Waals surface area (Å²) in [7, 11) is 0. The average molecular weight is 379 g/mol. The lowest BCUT2D eigenvalue weighted by molar-refractivity contribution is -0.145. The molecule has 0 fully saturated rings. The van der Waals surface area contributed by atoms with Crippen molar-refractivity contribution in [2.75, 3.05) is 0 Å². The fourth-order valence-corrected chi connectivity index (χ4v) is 3.77. The summed E-state index contributed by atoms with van der Waals surface area (Å²) in [6, 6.07) is 17.8. The summed E-state index contributed by atoms with van der Waals surface area (Å²) in [5.41, 5.74) is 2.65.